The molecule has 1 saturated heterocycles. The van der Waals surface area contributed by atoms with E-state index in [1.54, 1.807) is 25.9 Å². The Morgan fingerprint density at radius 1 is 1.00 bits per heavy atom. The smallest absolute Gasteiger partial charge is 0.236 e. The van der Waals surface area contributed by atoms with Gasteiger partial charge in [-0.3, -0.25) is 14.5 Å². The van der Waals surface area contributed by atoms with Crippen molar-refractivity contribution in [1.29, 1.82) is 0 Å². The van der Waals surface area contributed by atoms with Crippen molar-refractivity contribution in [3.63, 3.8) is 0 Å². The number of para-hydroxylation sites is 1. The lowest BCUT2D eigenvalue weighted by molar-refractivity contribution is -0.130. The molecular weight excluding hydrogens is 340 g/mol. The van der Waals surface area contributed by atoms with Crippen molar-refractivity contribution in [2.75, 3.05) is 53.4 Å². The molecule has 146 valence electrons. The first-order chi connectivity index (χ1) is 13.0. The Labute approximate surface area is 161 Å². The van der Waals surface area contributed by atoms with Crippen LogP contribution in [0.1, 0.15) is 23.7 Å². The summed E-state index contributed by atoms with van der Waals surface area (Å²) in [5.74, 6) is 0.289. The Balaban J connectivity index is 1.49. The molecule has 0 bridgehead atoms. The number of carbonyl (C=O) groups excluding carboxylic acids is 2. The molecular formula is C21H30N4O2. The van der Waals surface area contributed by atoms with E-state index in [2.05, 4.69) is 20.4 Å². The van der Waals surface area contributed by atoms with Crippen LogP contribution < -0.4 is 0 Å². The van der Waals surface area contributed by atoms with Gasteiger partial charge in [0.05, 0.1) is 6.54 Å². The maximum atomic E-state index is 11.9. The fourth-order valence-electron chi connectivity index (χ4n) is 3.68. The van der Waals surface area contributed by atoms with Gasteiger partial charge in [-0.25, -0.2) is 0 Å². The molecule has 0 unspecified atom stereocenters. The van der Waals surface area contributed by atoms with Crippen molar-refractivity contribution in [2.24, 2.45) is 0 Å². The van der Waals surface area contributed by atoms with E-state index >= 15 is 0 Å². The van der Waals surface area contributed by atoms with Crippen molar-refractivity contribution in [3.8, 4) is 0 Å². The summed E-state index contributed by atoms with van der Waals surface area (Å²) < 4.78 is 2.21. The van der Waals surface area contributed by atoms with E-state index in [4.69, 9.17) is 0 Å². The number of piperazine rings is 1. The van der Waals surface area contributed by atoms with E-state index in [1.165, 1.54) is 0 Å². The summed E-state index contributed by atoms with van der Waals surface area (Å²) in [6, 6.07) is 8.12. The molecule has 27 heavy (non-hydrogen) atoms. The van der Waals surface area contributed by atoms with Crippen molar-refractivity contribution < 1.29 is 9.59 Å². The number of rotatable bonds is 7. The average molecular weight is 370 g/mol. The second-order valence-electron chi connectivity index (χ2n) is 7.57. The molecule has 0 spiro atoms. The van der Waals surface area contributed by atoms with E-state index in [1.807, 2.05) is 24.4 Å². The Kier molecular flexibility index (Phi) is 6.29. The molecule has 1 fully saturated rings. The zero-order chi connectivity index (χ0) is 19.4. The van der Waals surface area contributed by atoms with Gasteiger partial charge >= 0.3 is 0 Å². The number of carbonyl (C=O) groups is 2. The topological polar surface area (TPSA) is 48.8 Å². The van der Waals surface area contributed by atoms with Crippen molar-refractivity contribution >= 4 is 22.6 Å². The number of benzene rings is 1. The van der Waals surface area contributed by atoms with Gasteiger partial charge in [0.2, 0.25) is 5.91 Å². The first-order valence-corrected chi connectivity index (χ1v) is 9.69. The van der Waals surface area contributed by atoms with Gasteiger partial charge in [0.25, 0.3) is 0 Å². The summed E-state index contributed by atoms with van der Waals surface area (Å²) in [7, 11) is 3.61. The lowest BCUT2D eigenvalue weighted by Gasteiger charge is -2.34. The number of hydrogen-bond donors (Lipinski definition) is 0. The van der Waals surface area contributed by atoms with Gasteiger partial charge < -0.3 is 14.4 Å². The third-order valence-corrected chi connectivity index (χ3v) is 5.36. The molecule has 1 aromatic heterocycles. The number of likely N-dealkylation sites (N-methyl/N-ethyl adjacent to an activating group) is 1. The highest BCUT2D eigenvalue weighted by Crippen LogP contribution is 2.22. The Bertz CT molecular complexity index is 804. The second kappa shape index (κ2) is 8.67. The molecule has 0 saturated carbocycles. The van der Waals surface area contributed by atoms with E-state index in [9.17, 15) is 9.59 Å². The third-order valence-electron chi connectivity index (χ3n) is 5.36. The predicted octanol–water partition coefficient (Wildman–Crippen LogP) is 1.94. The van der Waals surface area contributed by atoms with Gasteiger partial charge in [0.1, 0.15) is 0 Å². The molecule has 0 atom stereocenters. The number of amides is 1. The quantitative estimate of drug-likeness (QED) is 0.699. The zero-order valence-corrected chi connectivity index (χ0v) is 16.6. The SMILES string of the molecule is CC(=O)c1cn(CCCN2CCN(CC(=O)N(C)C)CC2)c2ccccc12. The molecule has 1 aliphatic heterocycles. The molecule has 1 aromatic carbocycles. The maximum absolute atomic E-state index is 11.9. The molecule has 0 aliphatic carbocycles. The molecule has 3 rings (SSSR count). The van der Waals surface area contributed by atoms with Crippen LogP contribution in [0.2, 0.25) is 0 Å². The summed E-state index contributed by atoms with van der Waals surface area (Å²) in [6.45, 7) is 8.00. The second-order valence-corrected chi connectivity index (χ2v) is 7.57. The number of fused-ring (bicyclic) bond motifs is 1. The van der Waals surface area contributed by atoms with Gasteiger partial charge in [-0.15, -0.1) is 0 Å². The molecule has 1 aliphatic rings. The van der Waals surface area contributed by atoms with E-state index < -0.39 is 0 Å². The lowest BCUT2D eigenvalue weighted by atomic mass is 10.1. The van der Waals surface area contributed by atoms with Crippen LogP contribution in [0.3, 0.4) is 0 Å². The van der Waals surface area contributed by atoms with Crippen molar-refractivity contribution in [3.05, 3.63) is 36.0 Å². The van der Waals surface area contributed by atoms with Crippen molar-refractivity contribution in [2.45, 2.75) is 19.9 Å². The van der Waals surface area contributed by atoms with E-state index in [-0.39, 0.29) is 11.7 Å². The molecule has 2 aromatic rings. The highest BCUT2D eigenvalue weighted by molar-refractivity contribution is 6.06. The van der Waals surface area contributed by atoms with Crippen molar-refractivity contribution in [1.82, 2.24) is 19.3 Å². The van der Waals surface area contributed by atoms with Crippen LogP contribution in [0, 0.1) is 0 Å². The minimum Gasteiger partial charge on any atom is -0.348 e. The molecule has 6 heteroatoms. The number of nitrogens with zero attached hydrogens (tertiary/aromatic N) is 4. The minimum absolute atomic E-state index is 0.119. The van der Waals surface area contributed by atoms with Crippen LogP contribution in [-0.4, -0.2) is 84.3 Å². The van der Waals surface area contributed by atoms with Gasteiger partial charge in [0, 0.05) is 69.5 Å². The number of hydrogen-bond acceptors (Lipinski definition) is 4. The standard InChI is InChI=1S/C21H30N4O2/c1-17(26)19-15-25(20-8-5-4-7-18(19)20)10-6-9-23-11-13-24(14-12-23)16-21(27)22(2)3/h4-5,7-8,15H,6,9-14,16H2,1-3H3. The fourth-order valence-corrected chi connectivity index (χ4v) is 3.68. The normalized spacial score (nSPS) is 16.0. The van der Waals surface area contributed by atoms with Gasteiger partial charge in [-0.2, -0.15) is 0 Å². The van der Waals surface area contributed by atoms with E-state index in [0.29, 0.717) is 6.54 Å². The van der Waals surface area contributed by atoms with Crippen LogP contribution >= 0.6 is 0 Å². The highest BCUT2D eigenvalue weighted by Gasteiger charge is 2.19. The largest absolute Gasteiger partial charge is 0.348 e. The minimum atomic E-state index is 0.119. The Hall–Kier alpha value is -2.18. The first kappa shape index (κ1) is 19.6. The Morgan fingerprint density at radius 3 is 2.33 bits per heavy atom. The van der Waals surface area contributed by atoms with Crippen LogP contribution in [0.25, 0.3) is 10.9 Å². The first-order valence-electron chi connectivity index (χ1n) is 9.69. The molecule has 0 N–H and O–H groups in total. The monoisotopic (exact) mass is 370 g/mol. The summed E-state index contributed by atoms with van der Waals surface area (Å²) >= 11 is 0. The molecule has 6 nitrogen and oxygen atoms in total. The summed E-state index contributed by atoms with van der Waals surface area (Å²) in [6.07, 6.45) is 3.05. The molecule has 2 heterocycles. The van der Waals surface area contributed by atoms with Crippen LogP contribution in [-0.2, 0) is 11.3 Å². The highest BCUT2D eigenvalue weighted by atomic mass is 16.2. The number of aryl methyl sites for hydroxylation is 1. The van der Waals surface area contributed by atoms with Crippen LogP contribution in [0.15, 0.2) is 30.5 Å². The van der Waals surface area contributed by atoms with Gasteiger partial charge in [-0.1, -0.05) is 18.2 Å². The number of aromatic nitrogens is 1. The molecule has 0 radical (unpaired) electrons. The summed E-state index contributed by atoms with van der Waals surface area (Å²) in [4.78, 5) is 30.1. The Morgan fingerprint density at radius 2 is 1.67 bits per heavy atom. The number of Topliss-reactive ketones (excluding diaryl/α,β-unsaturated/α-hetero) is 1. The summed E-state index contributed by atoms with van der Waals surface area (Å²) in [5, 5.41) is 1.05. The summed E-state index contributed by atoms with van der Waals surface area (Å²) in [5.41, 5.74) is 1.94. The zero-order valence-electron chi connectivity index (χ0n) is 16.6. The van der Waals surface area contributed by atoms with E-state index in [0.717, 1.165) is 62.2 Å². The lowest BCUT2D eigenvalue weighted by Crippen LogP contribution is -2.49. The third kappa shape index (κ3) is 4.76. The molecule has 1 amide bonds. The van der Waals surface area contributed by atoms with Gasteiger partial charge in [0.15, 0.2) is 5.78 Å². The maximum Gasteiger partial charge on any atom is 0.236 e. The number of ketones is 1. The van der Waals surface area contributed by atoms with Crippen LogP contribution in [0.5, 0.6) is 0 Å². The van der Waals surface area contributed by atoms with Crippen LogP contribution in [0.4, 0.5) is 0 Å². The average Bonchev–Trinajstić information content (AvgIpc) is 3.02. The predicted molar refractivity (Wildman–Crippen MR) is 108 cm³/mol. The van der Waals surface area contributed by atoms with Gasteiger partial charge in [-0.05, 0) is 26.0 Å². The fraction of sp³-hybridized carbons (Fsp3) is 0.524.